The van der Waals surface area contributed by atoms with Crippen molar-refractivity contribution in [2.75, 3.05) is 66.0 Å². The molecular formula is C49H58N4O11. The van der Waals surface area contributed by atoms with Crippen LogP contribution < -0.4 is 9.64 Å². The lowest BCUT2D eigenvalue weighted by Gasteiger charge is -2.58. The number of piperidine rings is 1. The number of benzene rings is 2. The Bertz CT molecular complexity index is 2570. The minimum absolute atomic E-state index is 0.162. The first-order chi connectivity index (χ1) is 30.6. The van der Waals surface area contributed by atoms with Gasteiger partial charge in [0.15, 0.2) is 11.8 Å². The van der Waals surface area contributed by atoms with Crippen molar-refractivity contribution in [3.8, 4) is 5.75 Å². The van der Waals surface area contributed by atoms with Gasteiger partial charge < -0.3 is 43.8 Å². The van der Waals surface area contributed by atoms with Crippen LogP contribution in [0.5, 0.6) is 5.75 Å². The summed E-state index contributed by atoms with van der Waals surface area (Å²) in [6.07, 6.45) is 8.79. The maximum absolute atomic E-state index is 15.5. The van der Waals surface area contributed by atoms with Gasteiger partial charge in [-0.2, -0.15) is 0 Å². The molecule has 340 valence electrons. The quantitative estimate of drug-likeness (QED) is 0.0901. The number of nitrogens with zero attached hydrogens (tertiary/aromatic N) is 3. The lowest BCUT2D eigenvalue weighted by molar-refractivity contribution is -0.178. The van der Waals surface area contributed by atoms with Crippen molar-refractivity contribution >= 4 is 46.5 Å². The predicted octanol–water partition coefficient (Wildman–Crippen LogP) is 4.45. The van der Waals surface area contributed by atoms with E-state index in [2.05, 4.69) is 39.9 Å². The van der Waals surface area contributed by atoms with Crippen LogP contribution in [-0.2, 0) is 55.4 Å². The lowest BCUT2D eigenvalue weighted by atomic mass is 9.49. The lowest BCUT2D eigenvalue weighted by Crippen LogP contribution is -2.75. The maximum Gasteiger partial charge on any atom is 0.347 e. The molecule has 4 fully saturated rings. The van der Waals surface area contributed by atoms with E-state index in [0.29, 0.717) is 87.4 Å². The summed E-state index contributed by atoms with van der Waals surface area (Å²) in [6, 6.07) is 9.48. The Morgan fingerprint density at radius 1 is 1.00 bits per heavy atom. The van der Waals surface area contributed by atoms with Crippen molar-refractivity contribution < 1.29 is 53.1 Å². The first-order valence-electron chi connectivity index (χ1n) is 22.5. The molecule has 7 aliphatic rings. The molecule has 3 saturated heterocycles. The largest absolute Gasteiger partial charge is 0.496 e. The molecule has 2 aromatic carbocycles. The molecule has 1 aromatic heterocycles. The van der Waals surface area contributed by atoms with Gasteiger partial charge in [0.1, 0.15) is 11.2 Å². The average molecular weight is 879 g/mol. The molecule has 0 radical (unpaired) electrons. The molecule has 10 atom stereocenters. The number of aliphatic hydroxyl groups is 1. The van der Waals surface area contributed by atoms with Gasteiger partial charge in [0.2, 0.25) is 0 Å². The number of carboxylic acids is 1. The first kappa shape index (κ1) is 42.7. The Morgan fingerprint density at radius 2 is 1.78 bits per heavy atom. The SMILES string of the molecule is CC[C@]1(O)C[C@H]2CN(CCc3c([nH]c4ccc(/C=C/C(=O)O)cc34)[C@@](C(=O)OC)(c3cc4c(cc3OC)N(C)[C@@]35O[C@]3(C(=O)OC)[C@H](OC(C)=O)[C@]3(CC)C=CCN6CC[C@]45[C@@H]63)C2)C1. The summed E-state index contributed by atoms with van der Waals surface area (Å²) >= 11 is 0. The number of aromatic nitrogens is 1. The van der Waals surface area contributed by atoms with E-state index in [-0.39, 0.29) is 18.4 Å². The van der Waals surface area contributed by atoms with Crippen molar-refractivity contribution in [1.29, 1.82) is 0 Å². The van der Waals surface area contributed by atoms with Gasteiger partial charge in [-0.3, -0.25) is 19.4 Å². The fourth-order valence-corrected chi connectivity index (χ4v) is 14.2. The number of methoxy groups -OCH3 is 3. The second-order valence-electron chi connectivity index (χ2n) is 19.3. The van der Waals surface area contributed by atoms with Crippen LogP contribution in [-0.4, -0.2) is 139 Å². The van der Waals surface area contributed by atoms with Gasteiger partial charge in [0, 0.05) is 91.6 Å². The molecule has 3 aromatic rings. The highest BCUT2D eigenvalue weighted by Gasteiger charge is 2.98. The van der Waals surface area contributed by atoms with Crippen LogP contribution in [0.2, 0.25) is 0 Å². The molecule has 2 spiro atoms. The summed E-state index contributed by atoms with van der Waals surface area (Å²) in [5.41, 5.74) is -2.09. The van der Waals surface area contributed by atoms with E-state index in [1.807, 2.05) is 43.1 Å². The molecule has 1 aliphatic carbocycles. The normalized spacial score (nSPS) is 36.7. The Labute approximate surface area is 372 Å². The zero-order valence-electron chi connectivity index (χ0n) is 37.6. The van der Waals surface area contributed by atoms with Crippen LogP contribution >= 0.6 is 0 Å². The minimum atomic E-state index is -1.70. The van der Waals surface area contributed by atoms with E-state index in [4.69, 9.17) is 23.7 Å². The number of hydrogen-bond acceptors (Lipinski definition) is 13. The summed E-state index contributed by atoms with van der Waals surface area (Å²) in [5.74, 6) is -2.44. The predicted molar refractivity (Wildman–Crippen MR) is 235 cm³/mol. The highest BCUT2D eigenvalue weighted by molar-refractivity contribution is 5.97. The number of carbonyl (C=O) groups is 4. The van der Waals surface area contributed by atoms with Gasteiger partial charge in [0.05, 0.1) is 32.3 Å². The van der Waals surface area contributed by atoms with Crippen LogP contribution in [0.15, 0.2) is 48.6 Å². The summed E-state index contributed by atoms with van der Waals surface area (Å²) in [4.78, 5) is 65.3. The van der Waals surface area contributed by atoms with Crippen LogP contribution in [0.4, 0.5) is 5.69 Å². The Morgan fingerprint density at radius 3 is 2.47 bits per heavy atom. The molecule has 1 saturated carbocycles. The molecule has 15 nitrogen and oxygen atoms in total. The van der Waals surface area contributed by atoms with Gasteiger partial charge in [-0.15, -0.1) is 0 Å². The Hall–Kier alpha value is -5.22. The molecule has 3 N–H and O–H groups in total. The summed E-state index contributed by atoms with van der Waals surface area (Å²) < 4.78 is 31.5. The highest BCUT2D eigenvalue weighted by atomic mass is 16.7. The van der Waals surface area contributed by atoms with E-state index in [0.717, 1.165) is 33.8 Å². The number of aromatic amines is 1. The van der Waals surface area contributed by atoms with E-state index in [1.54, 1.807) is 13.2 Å². The van der Waals surface area contributed by atoms with E-state index in [9.17, 15) is 24.6 Å². The fraction of sp³-hybridized carbons (Fsp3) is 0.551. The number of carboxylic acid groups (broad SMARTS) is 1. The third-order valence-corrected chi connectivity index (χ3v) is 16.6. The summed E-state index contributed by atoms with van der Waals surface area (Å²) in [7, 11) is 6.24. The zero-order valence-corrected chi connectivity index (χ0v) is 37.6. The Kier molecular flexibility index (Phi) is 9.60. The zero-order chi connectivity index (χ0) is 45.4. The van der Waals surface area contributed by atoms with E-state index < -0.39 is 63.2 Å². The molecular weight excluding hydrogens is 821 g/mol. The van der Waals surface area contributed by atoms with E-state index >= 15 is 4.79 Å². The third-order valence-electron chi connectivity index (χ3n) is 16.6. The number of H-pyrrole nitrogens is 1. The molecule has 15 heteroatoms. The topological polar surface area (TPSA) is 184 Å². The minimum Gasteiger partial charge on any atom is -0.496 e. The standard InChI is InChI=1S/C49H58N4O11/c1-8-44(59)24-30-25-46(42(57)61-6,39-31(15-19-52(26-30)27-44)32-21-29(12-14-38(55)56)11-13-35(32)50-39)34-22-33-36(23-37(34)60-5)51(4)49-47(33)17-20-53-18-10-16-45(9-2,40(47)53)41(63-28(3)54)48(49,64-49)43(58)62-7/h10-14,16,21-23,30,40-41,50,59H,8-9,15,17-20,24-27H2,1-7H3,(H,55,56)/b14-12+/t30-,40+,41-,44+,45-,46+,47-,48+,49+/m1/s1. The van der Waals surface area contributed by atoms with Crippen LogP contribution in [0, 0.1) is 11.3 Å². The second-order valence-corrected chi connectivity index (χ2v) is 19.3. The van der Waals surface area contributed by atoms with Gasteiger partial charge in [0.25, 0.3) is 5.60 Å². The number of aliphatic carboxylic acids is 1. The molecule has 2 bridgehead atoms. The van der Waals surface area contributed by atoms with Gasteiger partial charge in [-0.25, -0.2) is 9.59 Å². The van der Waals surface area contributed by atoms with Gasteiger partial charge in [-0.05, 0) is 92.0 Å². The first-order valence-corrected chi connectivity index (χ1v) is 22.5. The molecule has 64 heavy (non-hydrogen) atoms. The summed E-state index contributed by atoms with van der Waals surface area (Å²) in [6.45, 7) is 8.49. The number of ether oxygens (including phenoxy) is 5. The third kappa shape index (κ3) is 5.23. The number of likely N-dealkylation sites (N-methyl/N-ethyl adjacent to an activating group) is 1. The number of anilines is 1. The number of hydrogen-bond donors (Lipinski definition) is 3. The summed E-state index contributed by atoms with van der Waals surface area (Å²) in [5, 5.41) is 22.4. The van der Waals surface area contributed by atoms with Gasteiger partial charge in [-0.1, -0.05) is 32.1 Å². The van der Waals surface area contributed by atoms with Crippen LogP contribution in [0.25, 0.3) is 17.0 Å². The Balaban J connectivity index is 1.28. The van der Waals surface area contributed by atoms with Crippen LogP contribution in [0.3, 0.4) is 0 Å². The van der Waals surface area contributed by atoms with Crippen molar-refractivity contribution in [2.24, 2.45) is 11.3 Å². The van der Waals surface area contributed by atoms with Crippen molar-refractivity contribution in [3.05, 3.63) is 76.5 Å². The molecule has 7 heterocycles. The smallest absolute Gasteiger partial charge is 0.347 e. The number of rotatable bonds is 9. The number of carbonyl (C=O) groups excluding carboxylic acids is 3. The highest BCUT2D eigenvalue weighted by Crippen LogP contribution is 2.80. The molecule has 0 amide bonds. The van der Waals surface area contributed by atoms with Crippen molar-refractivity contribution in [2.45, 2.75) is 99.2 Å². The number of nitrogens with one attached hydrogen (secondary N) is 1. The van der Waals surface area contributed by atoms with Crippen molar-refractivity contribution in [1.82, 2.24) is 14.8 Å². The maximum atomic E-state index is 15.5. The number of fused-ring (bicyclic) bond motifs is 6. The monoisotopic (exact) mass is 878 g/mol. The molecule has 1 unspecified atom stereocenters. The van der Waals surface area contributed by atoms with E-state index in [1.165, 1.54) is 21.1 Å². The van der Waals surface area contributed by atoms with Gasteiger partial charge >= 0.3 is 23.9 Å². The molecule has 6 aliphatic heterocycles. The number of esters is 3. The second kappa shape index (κ2) is 14.4. The average Bonchev–Trinajstić information content (AvgIpc) is 3.53. The fourth-order valence-electron chi connectivity index (χ4n) is 14.2. The van der Waals surface area contributed by atoms with Crippen LogP contribution in [0.1, 0.15) is 80.8 Å². The number of epoxide rings is 1. The van der Waals surface area contributed by atoms with Crippen molar-refractivity contribution in [3.63, 3.8) is 0 Å². The molecule has 10 rings (SSSR count).